The Hall–Kier alpha value is -2.86. The highest BCUT2D eigenvalue weighted by Gasteiger charge is 2.09. The molecular formula is C18H14N2O. The summed E-state index contributed by atoms with van der Waals surface area (Å²) >= 11 is 0. The number of rotatable bonds is 3. The standard InChI is InChI=1S/C18H14N2O/c1-12-2-5-14(6-3-12)18(21)9-13-4-7-17-16(8-13)15(10-19)11-20-17/h2-8,11,20H,9H2,1H3. The number of Topliss-reactive ketones (excluding diaryl/α,β-unsaturated/α-hetero) is 1. The van der Waals surface area contributed by atoms with Crippen LogP contribution < -0.4 is 0 Å². The van der Waals surface area contributed by atoms with E-state index in [4.69, 9.17) is 5.26 Å². The summed E-state index contributed by atoms with van der Waals surface area (Å²) in [4.78, 5) is 15.3. The maximum atomic E-state index is 12.3. The van der Waals surface area contributed by atoms with Crippen LogP contribution in [0, 0.1) is 18.3 Å². The highest BCUT2D eigenvalue weighted by molar-refractivity contribution is 5.98. The maximum absolute atomic E-state index is 12.3. The Morgan fingerprint density at radius 2 is 1.95 bits per heavy atom. The van der Waals surface area contributed by atoms with E-state index in [2.05, 4.69) is 11.1 Å². The quantitative estimate of drug-likeness (QED) is 0.739. The Labute approximate surface area is 122 Å². The molecule has 3 rings (SSSR count). The third-order valence-corrected chi connectivity index (χ3v) is 3.60. The molecule has 1 N–H and O–H groups in total. The second kappa shape index (κ2) is 5.26. The molecule has 1 aromatic heterocycles. The molecule has 0 fully saturated rings. The molecule has 0 aliphatic carbocycles. The van der Waals surface area contributed by atoms with Crippen LogP contribution in [0.1, 0.15) is 27.0 Å². The minimum Gasteiger partial charge on any atom is -0.360 e. The van der Waals surface area contributed by atoms with Crippen molar-refractivity contribution in [2.75, 3.05) is 0 Å². The molecule has 21 heavy (non-hydrogen) atoms. The second-order valence-corrected chi connectivity index (χ2v) is 5.16. The van der Waals surface area contributed by atoms with Gasteiger partial charge in [0.25, 0.3) is 0 Å². The number of aromatic amines is 1. The van der Waals surface area contributed by atoms with Crippen LogP contribution in [0.15, 0.2) is 48.7 Å². The van der Waals surface area contributed by atoms with E-state index in [1.54, 1.807) is 6.20 Å². The van der Waals surface area contributed by atoms with Gasteiger partial charge in [-0.05, 0) is 24.6 Å². The van der Waals surface area contributed by atoms with Crippen molar-refractivity contribution in [1.82, 2.24) is 4.98 Å². The predicted octanol–water partition coefficient (Wildman–Crippen LogP) is 3.77. The van der Waals surface area contributed by atoms with Crippen molar-refractivity contribution < 1.29 is 4.79 Å². The monoisotopic (exact) mass is 274 g/mol. The summed E-state index contributed by atoms with van der Waals surface area (Å²) in [6.45, 7) is 2.00. The molecule has 0 saturated carbocycles. The molecule has 3 heteroatoms. The average molecular weight is 274 g/mol. The number of nitriles is 1. The van der Waals surface area contributed by atoms with Crippen LogP contribution in [-0.2, 0) is 6.42 Å². The number of hydrogen-bond donors (Lipinski definition) is 1. The zero-order valence-electron chi connectivity index (χ0n) is 11.7. The van der Waals surface area contributed by atoms with Crippen LogP contribution >= 0.6 is 0 Å². The van der Waals surface area contributed by atoms with Crippen LogP contribution in [0.25, 0.3) is 10.9 Å². The van der Waals surface area contributed by atoms with Gasteiger partial charge in [0.15, 0.2) is 5.78 Å². The third-order valence-electron chi connectivity index (χ3n) is 3.60. The lowest BCUT2D eigenvalue weighted by atomic mass is 10.0. The topological polar surface area (TPSA) is 56.6 Å². The molecule has 102 valence electrons. The summed E-state index contributed by atoms with van der Waals surface area (Å²) in [5.41, 5.74) is 4.30. The molecule has 0 amide bonds. The van der Waals surface area contributed by atoms with Gasteiger partial charge in [-0.3, -0.25) is 4.79 Å². The smallest absolute Gasteiger partial charge is 0.167 e. The van der Waals surface area contributed by atoms with Gasteiger partial charge in [-0.25, -0.2) is 0 Å². The number of aryl methyl sites for hydroxylation is 1. The zero-order chi connectivity index (χ0) is 14.8. The molecule has 1 heterocycles. The SMILES string of the molecule is Cc1ccc(C(=O)Cc2ccc3[nH]cc(C#N)c3c2)cc1. The van der Waals surface area contributed by atoms with E-state index < -0.39 is 0 Å². The lowest BCUT2D eigenvalue weighted by Crippen LogP contribution is -2.03. The van der Waals surface area contributed by atoms with Gasteiger partial charge in [0.05, 0.1) is 5.56 Å². The summed E-state index contributed by atoms with van der Waals surface area (Å²) in [5, 5.41) is 9.93. The summed E-state index contributed by atoms with van der Waals surface area (Å²) in [6.07, 6.45) is 2.03. The van der Waals surface area contributed by atoms with Crippen molar-refractivity contribution in [2.24, 2.45) is 0 Å². The molecule has 0 saturated heterocycles. The predicted molar refractivity (Wildman–Crippen MR) is 82.2 cm³/mol. The molecular weight excluding hydrogens is 260 g/mol. The van der Waals surface area contributed by atoms with Gasteiger partial charge in [-0.1, -0.05) is 35.9 Å². The number of hydrogen-bond acceptors (Lipinski definition) is 2. The number of nitrogens with one attached hydrogen (secondary N) is 1. The summed E-state index contributed by atoms with van der Waals surface area (Å²) in [7, 11) is 0. The van der Waals surface area contributed by atoms with Crippen LogP contribution in [0.2, 0.25) is 0 Å². The Morgan fingerprint density at radius 3 is 2.67 bits per heavy atom. The minimum absolute atomic E-state index is 0.0865. The van der Waals surface area contributed by atoms with Crippen LogP contribution in [0.4, 0.5) is 0 Å². The number of carbonyl (C=O) groups excluding carboxylic acids is 1. The van der Waals surface area contributed by atoms with Gasteiger partial charge in [0.1, 0.15) is 6.07 Å². The van der Waals surface area contributed by atoms with Gasteiger partial charge in [-0.15, -0.1) is 0 Å². The molecule has 2 aromatic carbocycles. The number of aromatic nitrogens is 1. The van der Waals surface area contributed by atoms with Gasteiger partial charge in [0, 0.05) is 29.1 Å². The number of nitrogens with zero attached hydrogens (tertiary/aromatic N) is 1. The van der Waals surface area contributed by atoms with E-state index in [0.717, 1.165) is 27.6 Å². The van der Waals surface area contributed by atoms with Crippen molar-refractivity contribution in [3.05, 3.63) is 70.9 Å². The highest BCUT2D eigenvalue weighted by Crippen LogP contribution is 2.20. The number of carbonyl (C=O) groups is 1. The fraction of sp³-hybridized carbons (Fsp3) is 0.111. The molecule has 3 nitrogen and oxygen atoms in total. The van der Waals surface area contributed by atoms with Crippen molar-refractivity contribution >= 4 is 16.7 Å². The average Bonchev–Trinajstić information content (AvgIpc) is 2.90. The Morgan fingerprint density at radius 1 is 1.19 bits per heavy atom. The molecule has 0 unspecified atom stereocenters. The van der Waals surface area contributed by atoms with E-state index in [9.17, 15) is 4.79 Å². The molecule has 0 aliphatic heterocycles. The van der Waals surface area contributed by atoms with Crippen molar-refractivity contribution in [3.8, 4) is 6.07 Å². The van der Waals surface area contributed by atoms with E-state index in [-0.39, 0.29) is 5.78 Å². The minimum atomic E-state index is 0.0865. The Kier molecular flexibility index (Phi) is 3.29. The summed E-state index contributed by atoms with van der Waals surface area (Å²) < 4.78 is 0. The molecule has 0 atom stereocenters. The Bertz CT molecular complexity index is 851. The molecule has 0 bridgehead atoms. The lowest BCUT2D eigenvalue weighted by molar-refractivity contribution is 0.0993. The molecule has 3 aromatic rings. The van der Waals surface area contributed by atoms with Crippen LogP contribution in [0.5, 0.6) is 0 Å². The first-order valence-corrected chi connectivity index (χ1v) is 6.77. The molecule has 0 radical (unpaired) electrons. The van der Waals surface area contributed by atoms with Gasteiger partial charge in [0.2, 0.25) is 0 Å². The second-order valence-electron chi connectivity index (χ2n) is 5.16. The normalized spacial score (nSPS) is 10.5. The van der Waals surface area contributed by atoms with E-state index in [1.165, 1.54) is 0 Å². The van der Waals surface area contributed by atoms with Gasteiger partial charge in [-0.2, -0.15) is 5.26 Å². The van der Waals surface area contributed by atoms with E-state index >= 15 is 0 Å². The number of fused-ring (bicyclic) bond motifs is 1. The Balaban J connectivity index is 1.89. The van der Waals surface area contributed by atoms with Gasteiger partial charge < -0.3 is 4.98 Å². The number of benzene rings is 2. The van der Waals surface area contributed by atoms with Gasteiger partial charge >= 0.3 is 0 Å². The number of H-pyrrole nitrogens is 1. The van der Waals surface area contributed by atoms with Crippen molar-refractivity contribution in [1.29, 1.82) is 5.26 Å². The first kappa shape index (κ1) is 13.1. The first-order valence-electron chi connectivity index (χ1n) is 6.77. The number of ketones is 1. The third kappa shape index (κ3) is 2.56. The summed E-state index contributed by atoms with van der Waals surface area (Å²) in [5.74, 6) is 0.0865. The maximum Gasteiger partial charge on any atom is 0.167 e. The zero-order valence-corrected chi connectivity index (χ0v) is 11.7. The van der Waals surface area contributed by atoms with Crippen molar-refractivity contribution in [2.45, 2.75) is 13.3 Å². The summed E-state index contributed by atoms with van der Waals surface area (Å²) in [6, 6.07) is 15.5. The van der Waals surface area contributed by atoms with E-state index in [1.807, 2.05) is 49.4 Å². The fourth-order valence-corrected chi connectivity index (χ4v) is 2.40. The lowest BCUT2D eigenvalue weighted by Gasteiger charge is -2.03. The van der Waals surface area contributed by atoms with Crippen LogP contribution in [-0.4, -0.2) is 10.8 Å². The largest absolute Gasteiger partial charge is 0.360 e. The highest BCUT2D eigenvalue weighted by atomic mass is 16.1. The fourth-order valence-electron chi connectivity index (χ4n) is 2.40. The van der Waals surface area contributed by atoms with Crippen molar-refractivity contribution in [3.63, 3.8) is 0 Å². The molecule has 0 aliphatic rings. The van der Waals surface area contributed by atoms with Crippen LogP contribution in [0.3, 0.4) is 0 Å². The first-order chi connectivity index (χ1) is 10.2. The molecule has 0 spiro atoms. The van der Waals surface area contributed by atoms with E-state index in [0.29, 0.717) is 12.0 Å².